The van der Waals surface area contributed by atoms with Crippen molar-refractivity contribution in [2.75, 3.05) is 33.4 Å². The predicted molar refractivity (Wildman–Crippen MR) is 104 cm³/mol. The second-order valence-electron chi connectivity index (χ2n) is 8.41. The van der Waals surface area contributed by atoms with Gasteiger partial charge in [-0.05, 0) is 43.8 Å². The Morgan fingerprint density at radius 1 is 1.22 bits per heavy atom. The molecule has 1 aromatic carbocycles. The summed E-state index contributed by atoms with van der Waals surface area (Å²) in [6.45, 7) is 4.68. The van der Waals surface area contributed by atoms with E-state index in [9.17, 15) is 4.79 Å². The minimum Gasteiger partial charge on any atom is -0.384 e. The zero-order valence-electron chi connectivity index (χ0n) is 16.3. The summed E-state index contributed by atoms with van der Waals surface area (Å²) in [4.78, 5) is 15.1. The maximum Gasteiger partial charge on any atom is 0.220 e. The number of hydrogen-bond donors (Lipinski definition) is 1. The first-order valence-electron chi connectivity index (χ1n) is 10.4. The topological polar surface area (TPSA) is 50.8 Å². The van der Waals surface area contributed by atoms with Crippen molar-refractivity contribution in [3.05, 3.63) is 35.9 Å². The van der Waals surface area contributed by atoms with E-state index in [2.05, 4.69) is 40.5 Å². The Bertz CT molecular complexity index is 615. The standard InChI is InChI=1S/C22H32N2O3/c1-26-15-19-21(18-9-12-27-22(18)19)23-20(25)13-16-7-10-24(11-8-16)14-17-5-3-2-4-6-17/h2-6,16,18-19,21-22H,7-15H2,1H3,(H,23,25)/t18-,19+,21+,22-/m0/s1. The molecule has 0 bridgehead atoms. The number of hydrogen-bond acceptors (Lipinski definition) is 4. The van der Waals surface area contributed by atoms with Crippen molar-refractivity contribution in [1.29, 1.82) is 0 Å². The van der Waals surface area contributed by atoms with Gasteiger partial charge in [-0.2, -0.15) is 0 Å². The van der Waals surface area contributed by atoms with Crippen LogP contribution in [0.3, 0.4) is 0 Å². The van der Waals surface area contributed by atoms with Crippen LogP contribution in [-0.4, -0.2) is 56.4 Å². The van der Waals surface area contributed by atoms with E-state index >= 15 is 0 Å². The molecule has 5 heteroatoms. The lowest BCUT2D eigenvalue weighted by Crippen LogP contribution is -2.62. The van der Waals surface area contributed by atoms with Gasteiger partial charge < -0.3 is 14.8 Å². The minimum absolute atomic E-state index is 0.216. The quantitative estimate of drug-likeness (QED) is 0.799. The molecule has 1 amide bonds. The first kappa shape index (κ1) is 18.9. The van der Waals surface area contributed by atoms with Crippen LogP contribution in [0.5, 0.6) is 0 Å². The van der Waals surface area contributed by atoms with Crippen LogP contribution in [0.15, 0.2) is 30.3 Å². The van der Waals surface area contributed by atoms with Gasteiger partial charge in [0, 0.05) is 44.6 Å². The van der Waals surface area contributed by atoms with Crippen LogP contribution in [0.2, 0.25) is 0 Å². The molecule has 4 atom stereocenters. The Labute approximate surface area is 162 Å². The number of rotatable bonds is 7. The van der Waals surface area contributed by atoms with E-state index in [0.29, 0.717) is 30.8 Å². The summed E-state index contributed by atoms with van der Waals surface area (Å²) in [5, 5.41) is 3.31. The van der Waals surface area contributed by atoms with Crippen molar-refractivity contribution < 1.29 is 14.3 Å². The van der Waals surface area contributed by atoms with Crippen LogP contribution in [0.4, 0.5) is 0 Å². The molecule has 1 aromatic rings. The van der Waals surface area contributed by atoms with Gasteiger partial charge in [0.15, 0.2) is 0 Å². The van der Waals surface area contributed by atoms with Crippen molar-refractivity contribution in [2.24, 2.45) is 17.8 Å². The third-order valence-electron chi connectivity index (χ3n) is 6.64. The molecule has 4 rings (SSSR count). The number of benzene rings is 1. The summed E-state index contributed by atoms with van der Waals surface area (Å²) in [6, 6.07) is 10.9. The zero-order chi connectivity index (χ0) is 18.6. The fourth-order valence-electron chi connectivity index (χ4n) is 5.13. The third-order valence-corrected chi connectivity index (χ3v) is 6.64. The highest BCUT2D eigenvalue weighted by atomic mass is 16.5. The lowest BCUT2D eigenvalue weighted by Gasteiger charge is -2.47. The second kappa shape index (κ2) is 8.72. The first-order chi connectivity index (χ1) is 13.2. The van der Waals surface area contributed by atoms with Crippen molar-refractivity contribution in [3.63, 3.8) is 0 Å². The van der Waals surface area contributed by atoms with Gasteiger partial charge in [0.1, 0.15) is 0 Å². The number of ether oxygens (including phenoxy) is 2. The number of nitrogens with one attached hydrogen (secondary N) is 1. The monoisotopic (exact) mass is 372 g/mol. The van der Waals surface area contributed by atoms with Crippen molar-refractivity contribution in [3.8, 4) is 0 Å². The third kappa shape index (κ3) is 4.36. The average Bonchev–Trinajstić information content (AvgIpc) is 3.11. The minimum atomic E-state index is 0.216. The number of amides is 1. The molecule has 1 aliphatic carbocycles. The summed E-state index contributed by atoms with van der Waals surface area (Å²) >= 11 is 0. The van der Waals surface area contributed by atoms with Crippen LogP contribution in [0, 0.1) is 17.8 Å². The molecule has 5 nitrogen and oxygen atoms in total. The molecule has 0 unspecified atom stereocenters. The largest absolute Gasteiger partial charge is 0.384 e. The highest BCUT2D eigenvalue weighted by Gasteiger charge is 2.54. The molecule has 2 saturated heterocycles. The maximum absolute atomic E-state index is 12.6. The number of likely N-dealkylation sites (tertiary alicyclic amines) is 1. The number of fused-ring (bicyclic) bond motifs is 1. The summed E-state index contributed by atoms with van der Waals surface area (Å²) in [6.07, 6.45) is 4.24. The zero-order valence-corrected chi connectivity index (χ0v) is 16.3. The normalized spacial score (nSPS) is 31.3. The van der Waals surface area contributed by atoms with E-state index < -0.39 is 0 Å². The number of carbonyl (C=O) groups excluding carboxylic acids is 1. The molecule has 0 aromatic heterocycles. The van der Waals surface area contributed by atoms with Gasteiger partial charge in [0.05, 0.1) is 12.7 Å². The molecule has 2 aliphatic heterocycles. The Balaban J connectivity index is 1.20. The van der Waals surface area contributed by atoms with E-state index in [-0.39, 0.29) is 18.1 Å². The summed E-state index contributed by atoms with van der Waals surface area (Å²) in [5.74, 6) is 1.53. The lowest BCUT2D eigenvalue weighted by molar-refractivity contribution is -0.131. The molecular formula is C22H32N2O3. The van der Waals surface area contributed by atoms with E-state index in [1.165, 1.54) is 5.56 Å². The van der Waals surface area contributed by atoms with Gasteiger partial charge in [-0.25, -0.2) is 0 Å². The Kier molecular flexibility index (Phi) is 6.11. The summed E-state index contributed by atoms with van der Waals surface area (Å²) in [7, 11) is 1.73. The van der Waals surface area contributed by atoms with E-state index in [1.54, 1.807) is 7.11 Å². The van der Waals surface area contributed by atoms with Crippen molar-refractivity contribution >= 4 is 5.91 Å². The first-order valence-corrected chi connectivity index (χ1v) is 10.4. The smallest absolute Gasteiger partial charge is 0.220 e. The van der Waals surface area contributed by atoms with Gasteiger partial charge in [0.25, 0.3) is 0 Å². The van der Waals surface area contributed by atoms with E-state index in [1.807, 2.05) is 0 Å². The fourth-order valence-corrected chi connectivity index (χ4v) is 5.13. The Hall–Kier alpha value is -1.43. The molecule has 3 aliphatic rings. The predicted octanol–water partition coefficient (Wildman–Crippen LogP) is 2.45. The molecule has 0 spiro atoms. The Morgan fingerprint density at radius 2 is 2.00 bits per heavy atom. The number of carbonyl (C=O) groups is 1. The van der Waals surface area contributed by atoms with Crippen LogP contribution in [0.1, 0.15) is 31.2 Å². The molecule has 27 heavy (non-hydrogen) atoms. The van der Waals surface area contributed by atoms with Crippen molar-refractivity contribution in [2.45, 2.75) is 44.4 Å². The molecule has 0 radical (unpaired) electrons. The molecule has 1 N–H and O–H groups in total. The molecule has 2 heterocycles. The van der Waals surface area contributed by atoms with Gasteiger partial charge in [-0.15, -0.1) is 0 Å². The maximum atomic E-state index is 12.6. The van der Waals surface area contributed by atoms with Gasteiger partial charge >= 0.3 is 0 Å². The Morgan fingerprint density at radius 3 is 2.74 bits per heavy atom. The van der Waals surface area contributed by atoms with Crippen LogP contribution >= 0.6 is 0 Å². The highest BCUT2D eigenvalue weighted by molar-refractivity contribution is 5.76. The number of nitrogens with zero attached hydrogens (tertiary/aromatic N) is 1. The fraction of sp³-hybridized carbons (Fsp3) is 0.682. The molecule has 148 valence electrons. The number of methoxy groups -OCH3 is 1. The van der Waals surface area contributed by atoms with Crippen molar-refractivity contribution in [1.82, 2.24) is 10.2 Å². The second-order valence-corrected chi connectivity index (χ2v) is 8.41. The van der Waals surface area contributed by atoms with Gasteiger partial charge in [-0.1, -0.05) is 30.3 Å². The van der Waals surface area contributed by atoms with E-state index in [4.69, 9.17) is 9.47 Å². The van der Waals surface area contributed by atoms with Gasteiger partial charge in [0.2, 0.25) is 5.91 Å². The molecular weight excluding hydrogens is 340 g/mol. The van der Waals surface area contributed by atoms with Gasteiger partial charge in [-0.3, -0.25) is 9.69 Å². The molecule has 3 fully saturated rings. The van der Waals surface area contributed by atoms with Crippen LogP contribution < -0.4 is 5.32 Å². The summed E-state index contributed by atoms with van der Waals surface area (Å²) < 4.78 is 11.1. The number of piperidine rings is 1. The SMILES string of the molecule is COC[C@@H]1[C@H](NC(=O)CC2CCN(Cc3ccccc3)CC2)[C@@H]2CCO[C@H]12. The van der Waals surface area contributed by atoms with Crippen LogP contribution in [0.25, 0.3) is 0 Å². The van der Waals surface area contributed by atoms with Crippen LogP contribution in [-0.2, 0) is 20.8 Å². The molecule has 1 saturated carbocycles. The average molecular weight is 373 g/mol. The highest BCUT2D eigenvalue weighted by Crippen LogP contribution is 2.43. The summed E-state index contributed by atoms with van der Waals surface area (Å²) in [5.41, 5.74) is 1.37. The van der Waals surface area contributed by atoms with E-state index in [0.717, 1.165) is 45.5 Å². The lowest BCUT2D eigenvalue weighted by atomic mass is 9.67.